The Bertz CT molecular complexity index is 372. The zero-order valence-electron chi connectivity index (χ0n) is 12.3. The highest BCUT2D eigenvalue weighted by Crippen LogP contribution is 2.30. The lowest BCUT2D eigenvalue weighted by Gasteiger charge is -2.20. The first-order valence-electron chi connectivity index (χ1n) is 7.36. The molecule has 100 valence electrons. The van der Waals surface area contributed by atoms with Crippen LogP contribution >= 0.6 is 0 Å². The summed E-state index contributed by atoms with van der Waals surface area (Å²) < 4.78 is 0. The summed E-state index contributed by atoms with van der Waals surface area (Å²) in [7, 11) is 0. The molecule has 2 unspecified atom stereocenters. The molecule has 1 fully saturated rings. The van der Waals surface area contributed by atoms with Crippen LogP contribution in [0.5, 0.6) is 0 Å². The molecule has 1 aliphatic rings. The smallest absolute Gasteiger partial charge is 0.0342 e. The molecule has 0 amide bonds. The maximum absolute atomic E-state index is 3.68. The Morgan fingerprint density at radius 1 is 1.11 bits per heavy atom. The van der Waals surface area contributed by atoms with E-state index < -0.39 is 0 Å². The molecule has 1 aromatic carbocycles. The molecule has 1 heteroatoms. The number of hydrogen-bond donors (Lipinski definition) is 1. The predicted molar refractivity (Wildman–Crippen MR) is 80.2 cm³/mol. The number of rotatable bonds is 3. The third kappa shape index (κ3) is 3.28. The van der Waals surface area contributed by atoms with Crippen LogP contribution in [0.4, 0.5) is 5.69 Å². The minimum absolute atomic E-state index is 0.249. The van der Waals surface area contributed by atoms with Gasteiger partial charge in [-0.15, -0.1) is 0 Å². The van der Waals surface area contributed by atoms with Crippen molar-refractivity contribution < 1.29 is 0 Å². The molecule has 0 heterocycles. The fourth-order valence-corrected chi connectivity index (χ4v) is 2.88. The van der Waals surface area contributed by atoms with Crippen molar-refractivity contribution in [3.63, 3.8) is 0 Å². The summed E-state index contributed by atoms with van der Waals surface area (Å²) in [5.41, 5.74) is 2.94. The van der Waals surface area contributed by atoms with E-state index in [1.807, 2.05) is 0 Å². The second kappa shape index (κ2) is 5.34. The van der Waals surface area contributed by atoms with E-state index >= 15 is 0 Å². The first-order chi connectivity index (χ1) is 8.49. The SMILES string of the molecule is CCC1CCC(Nc2ccc(C(C)(C)C)cc2)C1. The van der Waals surface area contributed by atoms with Gasteiger partial charge in [0.1, 0.15) is 0 Å². The molecular weight excluding hydrogens is 218 g/mol. The lowest BCUT2D eigenvalue weighted by Crippen LogP contribution is -2.16. The van der Waals surface area contributed by atoms with Gasteiger partial charge in [0.15, 0.2) is 0 Å². The van der Waals surface area contributed by atoms with Gasteiger partial charge >= 0.3 is 0 Å². The Balaban J connectivity index is 1.95. The van der Waals surface area contributed by atoms with Crippen LogP contribution in [0.3, 0.4) is 0 Å². The zero-order chi connectivity index (χ0) is 13.2. The minimum atomic E-state index is 0.249. The molecule has 1 aromatic rings. The van der Waals surface area contributed by atoms with Crippen LogP contribution in [-0.2, 0) is 5.41 Å². The van der Waals surface area contributed by atoms with Crippen molar-refractivity contribution in [1.82, 2.24) is 0 Å². The van der Waals surface area contributed by atoms with Crippen LogP contribution in [0.1, 0.15) is 58.9 Å². The standard InChI is InChI=1S/C17H27N/c1-5-13-6-9-16(12-13)18-15-10-7-14(8-11-15)17(2,3)4/h7-8,10-11,13,16,18H,5-6,9,12H2,1-4H3. The molecule has 18 heavy (non-hydrogen) atoms. The van der Waals surface area contributed by atoms with E-state index in [0.717, 1.165) is 5.92 Å². The fraction of sp³-hybridized carbons (Fsp3) is 0.647. The van der Waals surface area contributed by atoms with Crippen molar-refractivity contribution in [2.75, 3.05) is 5.32 Å². The quantitative estimate of drug-likeness (QED) is 0.792. The van der Waals surface area contributed by atoms with Crippen molar-refractivity contribution in [2.24, 2.45) is 5.92 Å². The van der Waals surface area contributed by atoms with Crippen molar-refractivity contribution in [3.8, 4) is 0 Å². The molecule has 0 spiro atoms. The molecule has 2 rings (SSSR count). The summed E-state index contributed by atoms with van der Waals surface area (Å²) >= 11 is 0. The maximum Gasteiger partial charge on any atom is 0.0342 e. The first-order valence-corrected chi connectivity index (χ1v) is 7.36. The molecule has 0 saturated heterocycles. The average molecular weight is 245 g/mol. The van der Waals surface area contributed by atoms with Gasteiger partial charge in [0.05, 0.1) is 0 Å². The van der Waals surface area contributed by atoms with E-state index in [1.54, 1.807) is 0 Å². The second-order valence-electron chi connectivity index (χ2n) is 6.76. The first kappa shape index (κ1) is 13.5. The van der Waals surface area contributed by atoms with Gasteiger partial charge in [-0.1, -0.05) is 46.2 Å². The van der Waals surface area contributed by atoms with E-state index in [4.69, 9.17) is 0 Å². The van der Waals surface area contributed by atoms with Crippen molar-refractivity contribution >= 4 is 5.69 Å². The van der Waals surface area contributed by atoms with E-state index in [1.165, 1.54) is 36.9 Å². The molecule has 1 aliphatic carbocycles. The third-order valence-corrected chi connectivity index (χ3v) is 4.24. The van der Waals surface area contributed by atoms with E-state index in [-0.39, 0.29) is 5.41 Å². The Morgan fingerprint density at radius 3 is 2.28 bits per heavy atom. The highest BCUT2D eigenvalue weighted by atomic mass is 14.9. The number of nitrogens with one attached hydrogen (secondary N) is 1. The summed E-state index contributed by atoms with van der Waals surface area (Å²) in [6.45, 7) is 9.10. The molecule has 1 nitrogen and oxygen atoms in total. The molecule has 0 aromatic heterocycles. The summed E-state index contributed by atoms with van der Waals surface area (Å²) in [5.74, 6) is 0.941. The Kier molecular flexibility index (Phi) is 3.99. The predicted octanol–water partition coefficient (Wildman–Crippen LogP) is 4.97. The summed E-state index contributed by atoms with van der Waals surface area (Å²) in [6, 6.07) is 9.68. The monoisotopic (exact) mass is 245 g/mol. The topological polar surface area (TPSA) is 12.0 Å². The van der Waals surface area contributed by atoms with Gasteiger partial charge in [0.25, 0.3) is 0 Å². The molecule has 1 saturated carbocycles. The summed E-state index contributed by atoms with van der Waals surface area (Å²) in [6.07, 6.45) is 5.41. The number of hydrogen-bond acceptors (Lipinski definition) is 1. The van der Waals surface area contributed by atoms with Crippen LogP contribution in [0.15, 0.2) is 24.3 Å². The third-order valence-electron chi connectivity index (χ3n) is 4.24. The van der Waals surface area contributed by atoms with Gasteiger partial charge in [0, 0.05) is 11.7 Å². The molecule has 0 aliphatic heterocycles. The number of anilines is 1. The average Bonchev–Trinajstić information content (AvgIpc) is 2.76. The molecule has 0 radical (unpaired) electrons. The lowest BCUT2D eigenvalue weighted by molar-refractivity contribution is 0.525. The Morgan fingerprint density at radius 2 is 1.78 bits per heavy atom. The van der Waals surface area contributed by atoms with Crippen LogP contribution in [0.2, 0.25) is 0 Å². The van der Waals surface area contributed by atoms with Gasteiger partial charge in [-0.25, -0.2) is 0 Å². The highest BCUT2D eigenvalue weighted by Gasteiger charge is 2.23. The molecular formula is C17H27N. The Labute approximate surface area is 112 Å². The molecule has 2 atom stereocenters. The highest BCUT2D eigenvalue weighted by molar-refractivity contribution is 5.46. The summed E-state index contributed by atoms with van der Waals surface area (Å²) in [4.78, 5) is 0. The van der Waals surface area contributed by atoms with Crippen LogP contribution in [0.25, 0.3) is 0 Å². The van der Waals surface area contributed by atoms with Crippen LogP contribution in [-0.4, -0.2) is 6.04 Å². The van der Waals surface area contributed by atoms with Gasteiger partial charge in [-0.05, 0) is 48.3 Å². The van der Waals surface area contributed by atoms with E-state index in [9.17, 15) is 0 Å². The van der Waals surface area contributed by atoms with Crippen molar-refractivity contribution in [3.05, 3.63) is 29.8 Å². The molecule has 1 N–H and O–H groups in total. The Hall–Kier alpha value is -0.980. The van der Waals surface area contributed by atoms with Gasteiger partial charge < -0.3 is 5.32 Å². The largest absolute Gasteiger partial charge is 0.382 e. The van der Waals surface area contributed by atoms with Crippen molar-refractivity contribution in [1.29, 1.82) is 0 Å². The van der Waals surface area contributed by atoms with Gasteiger partial charge in [-0.3, -0.25) is 0 Å². The zero-order valence-corrected chi connectivity index (χ0v) is 12.3. The summed E-state index contributed by atoms with van der Waals surface area (Å²) in [5, 5.41) is 3.68. The maximum atomic E-state index is 3.68. The minimum Gasteiger partial charge on any atom is -0.382 e. The van der Waals surface area contributed by atoms with Gasteiger partial charge in [-0.2, -0.15) is 0 Å². The van der Waals surface area contributed by atoms with Crippen molar-refractivity contribution in [2.45, 2.75) is 64.8 Å². The van der Waals surface area contributed by atoms with Crippen LogP contribution < -0.4 is 5.32 Å². The van der Waals surface area contributed by atoms with Gasteiger partial charge in [0.2, 0.25) is 0 Å². The van der Waals surface area contributed by atoms with E-state index in [2.05, 4.69) is 57.3 Å². The lowest BCUT2D eigenvalue weighted by atomic mass is 9.87. The number of benzene rings is 1. The normalized spacial score (nSPS) is 24.2. The van der Waals surface area contributed by atoms with E-state index in [0.29, 0.717) is 6.04 Å². The van der Waals surface area contributed by atoms with Crippen LogP contribution in [0, 0.1) is 5.92 Å². The second-order valence-corrected chi connectivity index (χ2v) is 6.76. The molecule has 0 bridgehead atoms. The fourth-order valence-electron chi connectivity index (χ4n) is 2.88.